The van der Waals surface area contributed by atoms with Gasteiger partial charge in [-0.25, -0.2) is 9.59 Å². The van der Waals surface area contributed by atoms with Crippen LogP contribution in [0, 0.1) is 9.81 Å². The fourth-order valence-electron chi connectivity index (χ4n) is 2.32. The summed E-state index contributed by atoms with van der Waals surface area (Å²) in [7, 11) is 0. The number of rotatable bonds is 12. The van der Waals surface area contributed by atoms with Crippen molar-refractivity contribution in [3.05, 3.63) is 81.6 Å². The van der Waals surface area contributed by atoms with Crippen molar-refractivity contribution in [3.8, 4) is 0 Å². The molecule has 0 spiro atoms. The SMILES string of the molecule is O=NN(CCSCCN(N=O)C(=O)OCc1ccccc1)C(=O)OCc1ccccc1. The first-order valence-electron chi connectivity index (χ1n) is 9.34. The zero-order chi connectivity index (χ0) is 22.3. The monoisotopic (exact) mass is 446 g/mol. The number of carbonyl (C=O) groups excluding carboxylic acids is 2. The van der Waals surface area contributed by atoms with Crippen molar-refractivity contribution < 1.29 is 19.1 Å². The quantitative estimate of drug-likeness (QED) is 0.270. The van der Waals surface area contributed by atoms with Crippen LogP contribution in [0.2, 0.25) is 0 Å². The summed E-state index contributed by atoms with van der Waals surface area (Å²) >= 11 is 1.31. The van der Waals surface area contributed by atoms with Crippen LogP contribution < -0.4 is 0 Å². The number of carbonyl (C=O) groups is 2. The Bertz CT molecular complexity index is 771. The second-order valence-corrected chi connectivity index (χ2v) is 7.33. The zero-order valence-corrected chi connectivity index (χ0v) is 17.5. The smallest absolute Gasteiger partial charge is 0.433 e. The molecular formula is C20H22N4O6S. The Kier molecular flexibility index (Phi) is 10.5. The van der Waals surface area contributed by atoms with Gasteiger partial charge in [0, 0.05) is 11.5 Å². The molecule has 2 aromatic rings. The van der Waals surface area contributed by atoms with E-state index < -0.39 is 12.2 Å². The van der Waals surface area contributed by atoms with Crippen LogP contribution in [0.1, 0.15) is 11.1 Å². The van der Waals surface area contributed by atoms with E-state index in [9.17, 15) is 19.4 Å². The lowest BCUT2D eigenvalue weighted by Crippen LogP contribution is -2.30. The molecule has 31 heavy (non-hydrogen) atoms. The highest BCUT2D eigenvalue weighted by Gasteiger charge is 2.17. The van der Waals surface area contributed by atoms with Crippen molar-refractivity contribution in [1.82, 2.24) is 10.0 Å². The molecule has 10 nitrogen and oxygen atoms in total. The molecule has 0 N–H and O–H groups in total. The summed E-state index contributed by atoms with van der Waals surface area (Å²) in [6, 6.07) is 18.1. The van der Waals surface area contributed by atoms with Crippen LogP contribution in [-0.4, -0.2) is 46.8 Å². The van der Waals surface area contributed by atoms with Crippen LogP contribution in [0.5, 0.6) is 0 Å². The van der Waals surface area contributed by atoms with E-state index in [2.05, 4.69) is 10.6 Å². The molecule has 11 heteroatoms. The van der Waals surface area contributed by atoms with Crippen LogP contribution in [-0.2, 0) is 22.7 Å². The molecule has 0 saturated carbocycles. The van der Waals surface area contributed by atoms with Gasteiger partial charge in [-0.15, -0.1) is 9.81 Å². The number of benzene rings is 2. The van der Waals surface area contributed by atoms with E-state index in [-0.39, 0.29) is 26.3 Å². The van der Waals surface area contributed by atoms with Crippen molar-refractivity contribution in [3.63, 3.8) is 0 Å². The van der Waals surface area contributed by atoms with Gasteiger partial charge in [0.25, 0.3) is 0 Å². The zero-order valence-electron chi connectivity index (χ0n) is 16.7. The lowest BCUT2D eigenvalue weighted by atomic mass is 10.2. The maximum absolute atomic E-state index is 11.9. The van der Waals surface area contributed by atoms with Gasteiger partial charge < -0.3 is 9.47 Å². The summed E-state index contributed by atoms with van der Waals surface area (Å²) in [5, 5.41) is 6.71. The standard InChI is InChI=1S/C20H22N4O6S/c25-19(29-15-17-7-3-1-4-8-17)23(21-27)11-13-31-14-12-24(22-28)20(26)30-16-18-9-5-2-6-10-18/h1-10H,11-16H2. The molecule has 2 rings (SSSR count). The Hall–Kier alpha value is -3.47. The number of amides is 2. The summed E-state index contributed by atoms with van der Waals surface area (Å²) < 4.78 is 10.1. The summed E-state index contributed by atoms with van der Waals surface area (Å²) in [5.74, 6) is 0.690. The molecule has 0 aliphatic rings. The van der Waals surface area contributed by atoms with E-state index in [1.807, 2.05) is 36.4 Å². The first-order valence-corrected chi connectivity index (χ1v) is 10.5. The largest absolute Gasteiger partial charge is 0.443 e. The maximum Gasteiger partial charge on any atom is 0.433 e. The molecule has 0 aromatic heterocycles. The third-order valence-electron chi connectivity index (χ3n) is 3.92. The Morgan fingerprint density at radius 1 is 0.710 bits per heavy atom. The van der Waals surface area contributed by atoms with Gasteiger partial charge >= 0.3 is 12.2 Å². The molecular weight excluding hydrogens is 424 g/mol. The fraction of sp³-hybridized carbons (Fsp3) is 0.300. The van der Waals surface area contributed by atoms with Crippen molar-refractivity contribution in [2.45, 2.75) is 13.2 Å². The lowest BCUT2D eigenvalue weighted by Gasteiger charge is -2.15. The third kappa shape index (κ3) is 8.83. The highest BCUT2D eigenvalue weighted by atomic mass is 32.2. The third-order valence-corrected chi connectivity index (χ3v) is 4.87. The van der Waals surface area contributed by atoms with E-state index in [4.69, 9.17) is 9.47 Å². The fourth-order valence-corrected chi connectivity index (χ4v) is 3.13. The van der Waals surface area contributed by atoms with Gasteiger partial charge in [0.05, 0.1) is 23.7 Å². The van der Waals surface area contributed by atoms with E-state index in [0.717, 1.165) is 11.1 Å². The molecule has 0 heterocycles. The lowest BCUT2D eigenvalue weighted by molar-refractivity contribution is 0.0986. The van der Waals surface area contributed by atoms with E-state index in [1.54, 1.807) is 24.3 Å². The van der Waals surface area contributed by atoms with Gasteiger partial charge in [0.1, 0.15) is 13.2 Å². The molecule has 2 amide bonds. The van der Waals surface area contributed by atoms with Crippen molar-refractivity contribution >= 4 is 23.9 Å². The second kappa shape index (κ2) is 13.7. The Morgan fingerprint density at radius 3 is 1.45 bits per heavy atom. The minimum absolute atomic E-state index is 0.0226. The average Bonchev–Trinajstić information content (AvgIpc) is 2.82. The van der Waals surface area contributed by atoms with Gasteiger partial charge in [-0.3, -0.25) is 0 Å². The first kappa shape index (κ1) is 23.8. The van der Waals surface area contributed by atoms with Crippen LogP contribution in [0.4, 0.5) is 9.59 Å². The highest BCUT2D eigenvalue weighted by Crippen LogP contribution is 2.08. The molecule has 0 fully saturated rings. The van der Waals surface area contributed by atoms with E-state index in [0.29, 0.717) is 21.5 Å². The van der Waals surface area contributed by atoms with Gasteiger partial charge in [-0.05, 0) is 11.1 Å². The number of nitroso groups, excluding NO2 is 2. The Morgan fingerprint density at radius 2 is 1.10 bits per heavy atom. The number of hydrogen-bond donors (Lipinski definition) is 0. The van der Waals surface area contributed by atoms with E-state index in [1.165, 1.54) is 11.8 Å². The van der Waals surface area contributed by atoms with Gasteiger partial charge in [-0.1, -0.05) is 60.7 Å². The summed E-state index contributed by atoms with van der Waals surface area (Å²) in [6.07, 6.45) is -1.69. The molecule has 164 valence electrons. The van der Waals surface area contributed by atoms with Crippen molar-refractivity contribution in [2.75, 3.05) is 24.6 Å². The Balaban J connectivity index is 1.63. The van der Waals surface area contributed by atoms with Crippen LogP contribution in [0.3, 0.4) is 0 Å². The second-order valence-electron chi connectivity index (χ2n) is 6.10. The molecule has 0 aliphatic heterocycles. The van der Waals surface area contributed by atoms with E-state index >= 15 is 0 Å². The summed E-state index contributed by atoms with van der Waals surface area (Å²) in [5.41, 5.74) is 1.58. The molecule has 2 aromatic carbocycles. The molecule has 0 aliphatic carbocycles. The molecule has 0 saturated heterocycles. The minimum atomic E-state index is -0.847. The molecule has 0 radical (unpaired) electrons. The van der Waals surface area contributed by atoms with Crippen LogP contribution >= 0.6 is 11.8 Å². The number of ether oxygens (including phenoxy) is 2. The minimum Gasteiger partial charge on any atom is -0.443 e. The molecule has 0 unspecified atom stereocenters. The first-order chi connectivity index (χ1) is 15.1. The van der Waals surface area contributed by atoms with Gasteiger partial charge in [-0.2, -0.15) is 21.8 Å². The Labute approximate surface area is 183 Å². The van der Waals surface area contributed by atoms with Gasteiger partial charge in [0.15, 0.2) is 0 Å². The number of thioether (sulfide) groups is 1. The number of hydrogen-bond acceptors (Lipinski definition) is 9. The van der Waals surface area contributed by atoms with Crippen molar-refractivity contribution in [1.29, 1.82) is 0 Å². The van der Waals surface area contributed by atoms with Crippen molar-refractivity contribution in [2.24, 2.45) is 10.6 Å². The van der Waals surface area contributed by atoms with Crippen LogP contribution in [0.15, 0.2) is 71.2 Å². The summed E-state index contributed by atoms with van der Waals surface area (Å²) in [6.45, 7) is 0.108. The predicted molar refractivity (Wildman–Crippen MR) is 116 cm³/mol. The normalized spacial score (nSPS) is 10.1. The highest BCUT2D eigenvalue weighted by molar-refractivity contribution is 7.99. The predicted octanol–water partition coefficient (Wildman–Crippen LogP) is 4.36. The number of nitrogens with zero attached hydrogens (tertiary/aromatic N) is 4. The molecule has 0 bridgehead atoms. The van der Waals surface area contributed by atoms with Gasteiger partial charge in [0.2, 0.25) is 0 Å². The maximum atomic E-state index is 11.9. The summed E-state index contributed by atoms with van der Waals surface area (Å²) in [4.78, 5) is 45.6. The topological polar surface area (TPSA) is 118 Å². The van der Waals surface area contributed by atoms with Crippen LogP contribution in [0.25, 0.3) is 0 Å². The molecule has 0 atom stereocenters. The average molecular weight is 446 g/mol.